The first-order valence-electron chi connectivity index (χ1n) is 8.85. The molecule has 1 N–H and O–H groups in total. The molecule has 3 aromatic rings. The zero-order valence-corrected chi connectivity index (χ0v) is 14.5. The summed E-state index contributed by atoms with van der Waals surface area (Å²) in [7, 11) is 0. The molecular formula is C21H23N3O. The van der Waals surface area contributed by atoms with Crippen LogP contribution in [-0.4, -0.2) is 36.1 Å². The Balaban J connectivity index is 1.53. The highest BCUT2D eigenvalue weighted by molar-refractivity contribution is 5.85. The molecule has 4 nitrogen and oxygen atoms in total. The number of aryl methyl sites for hydroxylation is 1. The maximum atomic E-state index is 12.2. The monoisotopic (exact) mass is 333 g/mol. The number of H-pyrrole nitrogens is 1. The molecule has 128 valence electrons. The summed E-state index contributed by atoms with van der Waals surface area (Å²) < 4.78 is 0. The highest BCUT2D eigenvalue weighted by Gasteiger charge is 2.19. The number of hydrogen-bond donors (Lipinski definition) is 1. The molecule has 1 aliphatic rings. The lowest BCUT2D eigenvalue weighted by atomic mass is 10.0. The van der Waals surface area contributed by atoms with E-state index < -0.39 is 0 Å². The molecule has 25 heavy (non-hydrogen) atoms. The van der Waals surface area contributed by atoms with Crippen molar-refractivity contribution in [1.82, 2.24) is 9.88 Å². The number of para-hydroxylation sites is 1. The Morgan fingerprint density at radius 2 is 1.52 bits per heavy atom. The van der Waals surface area contributed by atoms with Crippen LogP contribution in [0.3, 0.4) is 0 Å². The van der Waals surface area contributed by atoms with Gasteiger partial charge < -0.3 is 9.88 Å². The highest BCUT2D eigenvalue weighted by Crippen LogP contribution is 2.21. The van der Waals surface area contributed by atoms with E-state index >= 15 is 0 Å². The Morgan fingerprint density at radius 3 is 2.24 bits per heavy atom. The zero-order valence-electron chi connectivity index (χ0n) is 14.5. The van der Waals surface area contributed by atoms with E-state index in [-0.39, 0.29) is 5.56 Å². The number of aromatic nitrogens is 1. The summed E-state index contributed by atoms with van der Waals surface area (Å²) in [5.41, 5.74) is 3.52. The number of nitrogens with one attached hydrogen (secondary N) is 1. The van der Waals surface area contributed by atoms with Crippen molar-refractivity contribution in [3.05, 3.63) is 76.2 Å². The molecule has 2 aromatic carbocycles. The topological polar surface area (TPSA) is 39.3 Å². The predicted molar refractivity (Wildman–Crippen MR) is 103 cm³/mol. The van der Waals surface area contributed by atoms with E-state index in [0.29, 0.717) is 0 Å². The quantitative estimate of drug-likeness (QED) is 0.800. The molecule has 1 saturated heterocycles. The van der Waals surface area contributed by atoms with Crippen molar-refractivity contribution < 1.29 is 0 Å². The maximum absolute atomic E-state index is 12.2. The Labute approximate surface area is 147 Å². The normalized spacial score (nSPS) is 15.6. The summed E-state index contributed by atoms with van der Waals surface area (Å²) >= 11 is 0. The molecule has 1 aliphatic heterocycles. The van der Waals surface area contributed by atoms with Crippen LogP contribution in [0.1, 0.15) is 11.3 Å². The molecule has 1 aromatic heterocycles. The third-order valence-corrected chi connectivity index (χ3v) is 5.13. The molecule has 0 saturated carbocycles. The first-order valence-corrected chi connectivity index (χ1v) is 8.85. The molecule has 4 heteroatoms. The largest absolute Gasteiger partial charge is 0.369 e. The summed E-state index contributed by atoms with van der Waals surface area (Å²) in [6, 6.07) is 18.5. The van der Waals surface area contributed by atoms with Gasteiger partial charge in [-0.2, -0.15) is 0 Å². The lowest BCUT2D eigenvalue weighted by Crippen LogP contribution is -2.46. The first kappa shape index (κ1) is 15.9. The Hall–Kier alpha value is -2.59. The Morgan fingerprint density at radius 1 is 0.880 bits per heavy atom. The molecule has 0 amide bonds. The molecule has 4 rings (SSSR count). The fraction of sp³-hybridized carbons (Fsp3) is 0.286. The number of nitrogens with zero attached hydrogens (tertiary/aromatic N) is 2. The predicted octanol–water partition coefficient (Wildman–Crippen LogP) is 3.16. The van der Waals surface area contributed by atoms with Crippen molar-refractivity contribution in [3.8, 4) is 0 Å². The number of fused-ring (bicyclic) bond motifs is 1. The van der Waals surface area contributed by atoms with Gasteiger partial charge in [-0.1, -0.05) is 36.4 Å². The van der Waals surface area contributed by atoms with Crippen molar-refractivity contribution >= 4 is 16.5 Å². The van der Waals surface area contributed by atoms with E-state index in [1.165, 1.54) is 11.3 Å². The average Bonchev–Trinajstić information content (AvgIpc) is 2.66. The van der Waals surface area contributed by atoms with E-state index in [2.05, 4.69) is 51.2 Å². The number of aromatic amines is 1. The number of rotatable bonds is 3. The van der Waals surface area contributed by atoms with Gasteiger partial charge in [0, 0.05) is 49.5 Å². The van der Waals surface area contributed by atoms with Gasteiger partial charge in [0.15, 0.2) is 0 Å². The molecule has 0 unspecified atom stereocenters. The third-order valence-electron chi connectivity index (χ3n) is 5.13. The van der Waals surface area contributed by atoms with Crippen molar-refractivity contribution in [2.24, 2.45) is 0 Å². The van der Waals surface area contributed by atoms with E-state index in [0.717, 1.165) is 49.2 Å². The Kier molecular flexibility index (Phi) is 4.28. The van der Waals surface area contributed by atoms with Gasteiger partial charge in [-0.3, -0.25) is 9.69 Å². The standard InChI is InChI=1S/C21H23N3O/c1-16-20(18-9-5-6-10-19(18)21(25)22-16)15-23-11-13-24(14-12-23)17-7-3-2-4-8-17/h2-10H,11-15H2,1H3,(H,22,25). The Bertz CT molecular complexity index is 925. The molecule has 0 spiro atoms. The lowest BCUT2D eigenvalue weighted by molar-refractivity contribution is 0.250. The molecule has 0 bridgehead atoms. The molecule has 0 radical (unpaired) electrons. The third kappa shape index (κ3) is 3.17. The fourth-order valence-electron chi connectivity index (χ4n) is 3.69. The van der Waals surface area contributed by atoms with Crippen LogP contribution in [0.4, 0.5) is 5.69 Å². The average molecular weight is 333 g/mol. The number of hydrogen-bond acceptors (Lipinski definition) is 3. The van der Waals surface area contributed by atoms with E-state index in [1.807, 2.05) is 25.1 Å². The number of piperazine rings is 1. The van der Waals surface area contributed by atoms with Gasteiger partial charge in [-0.05, 0) is 36.1 Å². The zero-order chi connectivity index (χ0) is 17.2. The van der Waals surface area contributed by atoms with Crippen LogP contribution in [-0.2, 0) is 6.54 Å². The van der Waals surface area contributed by atoms with Crippen molar-refractivity contribution in [3.63, 3.8) is 0 Å². The van der Waals surface area contributed by atoms with E-state index in [9.17, 15) is 4.79 Å². The van der Waals surface area contributed by atoms with Crippen LogP contribution >= 0.6 is 0 Å². The van der Waals surface area contributed by atoms with Crippen LogP contribution < -0.4 is 10.5 Å². The number of pyridine rings is 1. The molecular weight excluding hydrogens is 310 g/mol. The van der Waals surface area contributed by atoms with Gasteiger partial charge in [0.1, 0.15) is 0 Å². The minimum absolute atomic E-state index is 0.00532. The summed E-state index contributed by atoms with van der Waals surface area (Å²) in [4.78, 5) is 20.1. The van der Waals surface area contributed by atoms with E-state index in [1.54, 1.807) is 0 Å². The molecule has 1 fully saturated rings. The summed E-state index contributed by atoms with van der Waals surface area (Å²) in [6.45, 7) is 7.01. The van der Waals surface area contributed by atoms with Crippen LogP contribution in [0, 0.1) is 6.92 Å². The molecule has 0 aliphatic carbocycles. The number of benzene rings is 2. The van der Waals surface area contributed by atoms with Crippen LogP contribution in [0.25, 0.3) is 10.8 Å². The van der Waals surface area contributed by atoms with Crippen LogP contribution in [0.15, 0.2) is 59.4 Å². The van der Waals surface area contributed by atoms with Crippen molar-refractivity contribution in [2.45, 2.75) is 13.5 Å². The van der Waals surface area contributed by atoms with Gasteiger partial charge in [-0.15, -0.1) is 0 Å². The minimum atomic E-state index is 0.00532. The summed E-state index contributed by atoms with van der Waals surface area (Å²) in [5, 5.41) is 1.86. The minimum Gasteiger partial charge on any atom is -0.369 e. The smallest absolute Gasteiger partial charge is 0.256 e. The number of anilines is 1. The van der Waals surface area contributed by atoms with E-state index in [4.69, 9.17) is 0 Å². The molecule has 0 atom stereocenters. The van der Waals surface area contributed by atoms with Gasteiger partial charge in [0.25, 0.3) is 5.56 Å². The lowest BCUT2D eigenvalue weighted by Gasteiger charge is -2.36. The molecule has 2 heterocycles. The maximum Gasteiger partial charge on any atom is 0.256 e. The second-order valence-corrected chi connectivity index (χ2v) is 6.70. The fourth-order valence-corrected chi connectivity index (χ4v) is 3.69. The summed E-state index contributed by atoms with van der Waals surface area (Å²) in [6.07, 6.45) is 0. The first-order chi connectivity index (χ1) is 12.2. The highest BCUT2D eigenvalue weighted by atomic mass is 16.1. The van der Waals surface area contributed by atoms with Gasteiger partial charge >= 0.3 is 0 Å². The van der Waals surface area contributed by atoms with Crippen LogP contribution in [0.2, 0.25) is 0 Å². The second kappa shape index (κ2) is 6.73. The SMILES string of the molecule is Cc1[nH]c(=O)c2ccccc2c1CN1CCN(c2ccccc2)CC1. The van der Waals surface area contributed by atoms with Gasteiger partial charge in [-0.25, -0.2) is 0 Å². The van der Waals surface area contributed by atoms with Crippen molar-refractivity contribution in [2.75, 3.05) is 31.1 Å². The second-order valence-electron chi connectivity index (χ2n) is 6.70. The van der Waals surface area contributed by atoms with Gasteiger partial charge in [0.05, 0.1) is 0 Å². The summed E-state index contributed by atoms with van der Waals surface area (Å²) in [5.74, 6) is 0. The van der Waals surface area contributed by atoms with Gasteiger partial charge in [0.2, 0.25) is 0 Å². The van der Waals surface area contributed by atoms with Crippen LogP contribution in [0.5, 0.6) is 0 Å². The van der Waals surface area contributed by atoms with Crippen molar-refractivity contribution in [1.29, 1.82) is 0 Å².